The first kappa shape index (κ1) is 16.2. The van der Waals surface area contributed by atoms with Crippen LogP contribution in [-0.4, -0.2) is 37.9 Å². The quantitative estimate of drug-likeness (QED) is 0.756. The molecule has 2 amide bonds. The van der Waals surface area contributed by atoms with Crippen molar-refractivity contribution >= 4 is 11.7 Å². The molecule has 0 aliphatic carbocycles. The maximum atomic E-state index is 12.2. The summed E-state index contributed by atoms with van der Waals surface area (Å²) in [6.07, 6.45) is 3.12. The summed E-state index contributed by atoms with van der Waals surface area (Å²) in [6.45, 7) is 5.79. The fraction of sp³-hybridized carbons (Fsp3) is 0.533. The average Bonchev–Trinajstić information content (AvgIpc) is 2.91. The topological polar surface area (TPSA) is 91.5 Å². The number of aliphatic hydroxyl groups excluding tert-OH is 1. The minimum Gasteiger partial charge on any atom is -0.396 e. The molecule has 2 unspecified atom stereocenters. The minimum absolute atomic E-state index is 0.0367. The van der Waals surface area contributed by atoms with Crippen molar-refractivity contribution in [2.45, 2.75) is 45.2 Å². The van der Waals surface area contributed by atoms with E-state index in [0.29, 0.717) is 12.2 Å². The van der Waals surface area contributed by atoms with Gasteiger partial charge in [0, 0.05) is 18.3 Å². The van der Waals surface area contributed by atoms with E-state index in [1.54, 1.807) is 0 Å². The van der Waals surface area contributed by atoms with Crippen molar-refractivity contribution in [3.63, 3.8) is 0 Å². The van der Waals surface area contributed by atoms with Crippen LogP contribution >= 0.6 is 0 Å². The predicted octanol–water partition coefficient (Wildman–Crippen LogP) is 1.64. The van der Waals surface area contributed by atoms with Crippen LogP contribution < -0.4 is 10.6 Å². The number of aliphatic hydroxyl groups is 1. The summed E-state index contributed by atoms with van der Waals surface area (Å²) in [5, 5.41) is 23.1. The number of carbonyl (C=O) groups excluding carboxylic acids is 1. The lowest BCUT2D eigenvalue weighted by Gasteiger charge is -2.29. The second-order valence-electron chi connectivity index (χ2n) is 5.70. The van der Waals surface area contributed by atoms with Gasteiger partial charge in [0.1, 0.15) is 0 Å². The molecule has 0 aliphatic rings. The lowest BCUT2D eigenvalue weighted by atomic mass is 9.95. The fourth-order valence-corrected chi connectivity index (χ4v) is 2.30. The van der Waals surface area contributed by atoms with E-state index in [0.717, 1.165) is 12.1 Å². The molecular formula is C15H23N5O2. The van der Waals surface area contributed by atoms with Crippen molar-refractivity contribution in [2.24, 2.45) is 0 Å². The van der Waals surface area contributed by atoms with Gasteiger partial charge in [-0.25, -0.2) is 4.79 Å². The molecule has 120 valence electrons. The Balaban J connectivity index is 2.05. The Morgan fingerprint density at radius 1 is 1.45 bits per heavy atom. The number of pyridine rings is 1. The van der Waals surface area contributed by atoms with Gasteiger partial charge in [0.15, 0.2) is 11.5 Å². The maximum absolute atomic E-state index is 12.2. The van der Waals surface area contributed by atoms with E-state index in [2.05, 4.69) is 20.8 Å². The number of hydrogen-bond acceptors (Lipinski definition) is 4. The molecule has 0 aliphatic heterocycles. The SMILES string of the molecule is CCC(C)(CCO)NC(=O)NC(C)c1nnc2ccccn12. The molecule has 2 atom stereocenters. The first-order valence-corrected chi connectivity index (χ1v) is 7.48. The number of nitrogens with zero attached hydrogens (tertiary/aromatic N) is 3. The predicted molar refractivity (Wildman–Crippen MR) is 83.5 cm³/mol. The van der Waals surface area contributed by atoms with E-state index in [9.17, 15) is 4.79 Å². The van der Waals surface area contributed by atoms with Gasteiger partial charge in [0.05, 0.1) is 6.04 Å². The second kappa shape index (κ2) is 6.74. The van der Waals surface area contributed by atoms with Gasteiger partial charge < -0.3 is 15.7 Å². The third kappa shape index (κ3) is 3.54. The van der Waals surface area contributed by atoms with Crippen LogP contribution in [-0.2, 0) is 0 Å². The molecule has 0 fully saturated rings. The summed E-state index contributed by atoms with van der Waals surface area (Å²) in [6, 6.07) is 5.08. The molecular weight excluding hydrogens is 282 g/mol. The van der Waals surface area contributed by atoms with Gasteiger partial charge in [-0.05, 0) is 38.8 Å². The summed E-state index contributed by atoms with van der Waals surface area (Å²) in [7, 11) is 0. The minimum atomic E-state index is -0.425. The Bertz CT molecular complexity index is 642. The van der Waals surface area contributed by atoms with Crippen LogP contribution in [0.5, 0.6) is 0 Å². The number of aromatic nitrogens is 3. The molecule has 2 aromatic heterocycles. The average molecular weight is 305 g/mol. The molecule has 2 aromatic rings. The summed E-state index contributed by atoms with van der Waals surface area (Å²) in [5.74, 6) is 0.672. The van der Waals surface area contributed by atoms with Crippen LogP contribution in [0.1, 0.15) is 45.5 Å². The van der Waals surface area contributed by atoms with E-state index in [1.165, 1.54) is 0 Å². The summed E-state index contributed by atoms with van der Waals surface area (Å²) in [4.78, 5) is 12.2. The highest BCUT2D eigenvalue weighted by Crippen LogP contribution is 2.15. The van der Waals surface area contributed by atoms with E-state index in [4.69, 9.17) is 5.11 Å². The van der Waals surface area contributed by atoms with Crippen LogP contribution in [0.25, 0.3) is 5.65 Å². The first-order chi connectivity index (χ1) is 10.5. The van der Waals surface area contributed by atoms with Gasteiger partial charge >= 0.3 is 6.03 Å². The first-order valence-electron chi connectivity index (χ1n) is 7.48. The third-order valence-corrected chi connectivity index (χ3v) is 3.93. The molecule has 3 N–H and O–H groups in total. The number of nitrogens with one attached hydrogen (secondary N) is 2. The van der Waals surface area contributed by atoms with Crippen molar-refractivity contribution in [3.8, 4) is 0 Å². The van der Waals surface area contributed by atoms with Gasteiger partial charge in [-0.3, -0.25) is 4.40 Å². The highest BCUT2D eigenvalue weighted by molar-refractivity contribution is 5.75. The molecule has 0 spiro atoms. The largest absolute Gasteiger partial charge is 0.396 e. The lowest BCUT2D eigenvalue weighted by Crippen LogP contribution is -2.51. The van der Waals surface area contributed by atoms with E-state index in [-0.39, 0.29) is 18.7 Å². The monoisotopic (exact) mass is 305 g/mol. The van der Waals surface area contributed by atoms with Crippen molar-refractivity contribution in [3.05, 3.63) is 30.2 Å². The fourth-order valence-electron chi connectivity index (χ4n) is 2.30. The number of amides is 2. The Morgan fingerprint density at radius 2 is 2.23 bits per heavy atom. The van der Waals surface area contributed by atoms with E-state index < -0.39 is 5.54 Å². The highest BCUT2D eigenvalue weighted by atomic mass is 16.3. The molecule has 22 heavy (non-hydrogen) atoms. The molecule has 0 radical (unpaired) electrons. The maximum Gasteiger partial charge on any atom is 0.315 e. The Kier molecular flexibility index (Phi) is 4.97. The van der Waals surface area contributed by atoms with Gasteiger partial charge in [0.2, 0.25) is 0 Å². The third-order valence-electron chi connectivity index (χ3n) is 3.93. The Morgan fingerprint density at radius 3 is 2.91 bits per heavy atom. The zero-order valence-electron chi connectivity index (χ0n) is 13.2. The number of fused-ring (bicyclic) bond motifs is 1. The van der Waals surface area contributed by atoms with E-state index >= 15 is 0 Å². The number of hydrogen-bond donors (Lipinski definition) is 3. The van der Waals surface area contributed by atoms with Crippen LogP contribution in [0.4, 0.5) is 4.79 Å². The molecule has 0 bridgehead atoms. The molecule has 0 aromatic carbocycles. The normalized spacial score (nSPS) is 15.3. The standard InChI is InChI=1S/C15H23N5O2/c1-4-15(3,8-10-21)17-14(22)16-11(2)13-19-18-12-7-5-6-9-20(12)13/h5-7,9,11,21H,4,8,10H2,1-3H3,(H2,16,17,22). The number of urea groups is 1. The van der Waals surface area contributed by atoms with Gasteiger partial charge in [-0.15, -0.1) is 10.2 Å². The highest BCUT2D eigenvalue weighted by Gasteiger charge is 2.25. The van der Waals surface area contributed by atoms with Gasteiger partial charge in [-0.1, -0.05) is 13.0 Å². The van der Waals surface area contributed by atoms with Gasteiger partial charge in [-0.2, -0.15) is 0 Å². The molecule has 7 heteroatoms. The van der Waals surface area contributed by atoms with Crippen molar-refractivity contribution in [2.75, 3.05) is 6.61 Å². The Hall–Kier alpha value is -2.15. The zero-order valence-corrected chi connectivity index (χ0v) is 13.2. The van der Waals surface area contributed by atoms with Crippen LogP contribution in [0.15, 0.2) is 24.4 Å². The van der Waals surface area contributed by atoms with Crippen LogP contribution in [0.2, 0.25) is 0 Å². The summed E-state index contributed by atoms with van der Waals surface area (Å²) >= 11 is 0. The van der Waals surface area contributed by atoms with Crippen molar-refractivity contribution in [1.82, 2.24) is 25.2 Å². The smallest absolute Gasteiger partial charge is 0.315 e. The molecule has 2 heterocycles. The van der Waals surface area contributed by atoms with Crippen molar-refractivity contribution < 1.29 is 9.90 Å². The summed E-state index contributed by atoms with van der Waals surface area (Å²) < 4.78 is 1.84. The molecule has 0 saturated heterocycles. The second-order valence-corrected chi connectivity index (χ2v) is 5.70. The lowest BCUT2D eigenvalue weighted by molar-refractivity contribution is 0.199. The zero-order chi connectivity index (χ0) is 16.2. The van der Waals surface area contributed by atoms with Gasteiger partial charge in [0.25, 0.3) is 0 Å². The summed E-state index contributed by atoms with van der Waals surface area (Å²) in [5.41, 5.74) is 0.316. The number of carbonyl (C=O) groups is 1. The van der Waals surface area contributed by atoms with Crippen LogP contribution in [0.3, 0.4) is 0 Å². The van der Waals surface area contributed by atoms with E-state index in [1.807, 2.05) is 49.6 Å². The van der Waals surface area contributed by atoms with Crippen molar-refractivity contribution in [1.29, 1.82) is 0 Å². The molecule has 7 nitrogen and oxygen atoms in total. The number of rotatable bonds is 6. The molecule has 2 rings (SSSR count). The molecule has 0 saturated carbocycles. The Labute approximate surface area is 129 Å². The van der Waals surface area contributed by atoms with Crippen LogP contribution in [0, 0.1) is 0 Å².